The van der Waals surface area contributed by atoms with Gasteiger partial charge in [-0.3, -0.25) is 4.79 Å². The van der Waals surface area contributed by atoms with Gasteiger partial charge in [-0.25, -0.2) is 0 Å². The van der Waals surface area contributed by atoms with Crippen LogP contribution < -0.4 is 0 Å². The Balaban J connectivity index is 2.98. The summed E-state index contributed by atoms with van der Waals surface area (Å²) in [6.45, 7) is 1.15. The normalized spacial score (nSPS) is 33.4. The molecule has 0 saturated carbocycles. The lowest BCUT2D eigenvalue weighted by Gasteiger charge is -2.27. The average Bonchev–Trinajstić information content (AvgIpc) is 2.39. The second-order valence-electron chi connectivity index (χ2n) is 3.43. The molecule has 2 atom stereocenters. The molecule has 1 aliphatic carbocycles. The largest absolute Gasteiger partial charge is 0.501 e. The number of aliphatic hydroxyl groups is 2. The van der Waals surface area contributed by atoms with Crippen LogP contribution in [0, 0.1) is 11.3 Å². The lowest BCUT2D eigenvalue weighted by molar-refractivity contribution is -0.127. The van der Waals surface area contributed by atoms with Crippen molar-refractivity contribution in [2.75, 3.05) is 20.3 Å². The van der Waals surface area contributed by atoms with Gasteiger partial charge >= 0.3 is 0 Å². The van der Waals surface area contributed by atoms with Crippen LogP contribution in [0.1, 0.15) is 6.92 Å². The number of aliphatic hydroxyl groups excluding tert-OH is 2. The van der Waals surface area contributed by atoms with Crippen LogP contribution in [0.25, 0.3) is 0 Å². The first-order valence-corrected chi connectivity index (χ1v) is 4.12. The van der Waals surface area contributed by atoms with E-state index in [2.05, 4.69) is 0 Å². The van der Waals surface area contributed by atoms with E-state index in [1.54, 1.807) is 6.92 Å². The summed E-state index contributed by atoms with van der Waals surface area (Å²) in [6.07, 6.45) is 1.34. The van der Waals surface area contributed by atoms with Gasteiger partial charge in [-0.2, -0.15) is 0 Å². The first-order valence-electron chi connectivity index (χ1n) is 4.12. The fraction of sp³-hybridized carbons (Fsp3) is 0.667. The number of carbonyl (C=O) groups excluding carboxylic acids is 1. The van der Waals surface area contributed by atoms with E-state index in [1.807, 2.05) is 0 Å². The van der Waals surface area contributed by atoms with Crippen LogP contribution in [-0.2, 0) is 9.53 Å². The summed E-state index contributed by atoms with van der Waals surface area (Å²) >= 11 is 0. The van der Waals surface area contributed by atoms with E-state index >= 15 is 0 Å². The molecule has 0 heterocycles. The Hall–Kier alpha value is -0.870. The molecule has 2 unspecified atom stereocenters. The second kappa shape index (κ2) is 3.47. The van der Waals surface area contributed by atoms with E-state index in [0.29, 0.717) is 5.76 Å². The Morgan fingerprint density at radius 1 is 1.62 bits per heavy atom. The number of rotatable bonds is 3. The first kappa shape index (κ1) is 10.2. The highest BCUT2D eigenvalue weighted by atomic mass is 16.5. The summed E-state index contributed by atoms with van der Waals surface area (Å²) in [5.41, 5.74) is -0.917. The molecule has 4 nitrogen and oxygen atoms in total. The van der Waals surface area contributed by atoms with Gasteiger partial charge in [0.1, 0.15) is 5.76 Å². The minimum Gasteiger partial charge on any atom is -0.501 e. The standard InChI is InChI=1S/C9H14O4/c1-9(5-11)6(4-10)7(13-2)3-8(9)12/h3,6,10-11H,4-5H2,1-2H3. The molecule has 0 fully saturated rings. The number of hydrogen-bond acceptors (Lipinski definition) is 4. The van der Waals surface area contributed by atoms with Gasteiger partial charge < -0.3 is 14.9 Å². The third-order valence-electron chi connectivity index (χ3n) is 2.70. The minimum absolute atomic E-state index is 0.189. The average molecular weight is 186 g/mol. The van der Waals surface area contributed by atoms with Crippen molar-refractivity contribution in [2.45, 2.75) is 6.92 Å². The monoisotopic (exact) mass is 186 g/mol. The number of ether oxygens (including phenoxy) is 1. The lowest BCUT2D eigenvalue weighted by atomic mass is 9.79. The molecule has 2 N–H and O–H groups in total. The molecule has 0 spiro atoms. The maximum atomic E-state index is 11.4. The molecule has 13 heavy (non-hydrogen) atoms. The predicted octanol–water partition coefficient (Wildman–Crippen LogP) is -0.293. The third-order valence-corrected chi connectivity index (χ3v) is 2.70. The Morgan fingerprint density at radius 2 is 2.23 bits per heavy atom. The van der Waals surface area contributed by atoms with E-state index in [9.17, 15) is 4.79 Å². The Labute approximate surface area is 76.8 Å². The summed E-state index contributed by atoms with van der Waals surface area (Å²) in [7, 11) is 1.45. The van der Waals surface area contributed by atoms with E-state index in [1.165, 1.54) is 13.2 Å². The molecule has 0 amide bonds. The maximum absolute atomic E-state index is 11.4. The van der Waals surface area contributed by atoms with Gasteiger partial charge in [0, 0.05) is 6.08 Å². The molecule has 0 aliphatic heterocycles. The van der Waals surface area contributed by atoms with Crippen molar-refractivity contribution in [3.63, 3.8) is 0 Å². The molecule has 4 heteroatoms. The van der Waals surface area contributed by atoms with E-state index in [0.717, 1.165) is 0 Å². The molecular weight excluding hydrogens is 172 g/mol. The Bertz CT molecular complexity index is 246. The SMILES string of the molecule is COC1=CC(=O)C(C)(CO)C1CO. The van der Waals surface area contributed by atoms with Crippen LogP contribution in [0.2, 0.25) is 0 Å². The summed E-state index contributed by atoms with van der Waals surface area (Å²) in [4.78, 5) is 11.4. The van der Waals surface area contributed by atoms with Crippen LogP contribution in [0.4, 0.5) is 0 Å². The molecule has 74 valence electrons. The van der Waals surface area contributed by atoms with Crippen molar-refractivity contribution in [3.8, 4) is 0 Å². The van der Waals surface area contributed by atoms with Gasteiger partial charge in [0.15, 0.2) is 5.78 Å². The highest BCUT2D eigenvalue weighted by Crippen LogP contribution is 2.39. The van der Waals surface area contributed by atoms with Crippen LogP contribution in [0.15, 0.2) is 11.8 Å². The number of hydrogen-bond donors (Lipinski definition) is 2. The summed E-state index contributed by atoms with van der Waals surface area (Å²) in [6, 6.07) is 0. The van der Waals surface area contributed by atoms with Gasteiger partial charge in [-0.1, -0.05) is 0 Å². The molecule has 0 aromatic rings. The Morgan fingerprint density at radius 3 is 2.62 bits per heavy atom. The summed E-state index contributed by atoms with van der Waals surface area (Å²) < 4.78 is 4.95. The van der Waals surface area contributed by atoms with E-state index in [4.69, 9.17) is 14.9 Å². The zero-order valence-electron chi connectivity index (χ0n) is 7.78. The number of methoxy groups -OCH3 is 1. The van der Waals surface area contributed by atoms with Gasteiger partial charge in [0.25, 0.3) is 0 Å². The van der Waals surface area contributed by atoms with Crippen molar-refractivity contribution < 1.29 is 19.7 Å². The van der Waals surface area contributed by atoms with Gasteiger partial charge in [-0.05, 0) is 6.92 Å². The van der Waals surface area contributed by atoms with Crippen molar-refractivity contribution in [3.05, 3.63) is 11.8 Å². The van der Waals surface area contributed by atoms with Crippen LogP contribution in [0.5, 0.6) is 0 Å². The van der Waals surface area contributed by atoms with Crippen molar-refractivity contribution in [1.29, 1.82) is 0 Å². The quantitative estimate of drug-likeness (QED) is 0.635. The molecule has 0 radical (unpaired) electrons. The predicted molar refractivity (Wildman–Crippen MR) is 45.9 cm³/mol. The topological polar surface area (TPSA) is 66.8 Å². The molecule has 1 rings (SSSR count). The number of carbonyl (C=O) groups is 1. The van der Waals surface area contributed by atoms with Crippen LogP contribution >= 0.6 is 0 Å². The highest BCUT2D eigenvalue weighted by Gasteiger charge is 2.47. The Kier molecular flexibility index (Phi) is 2.73. The zero-order valence-corrected chi connectivity index (χ0v) is 7.78. The zero-order chi connectivity index (χ0) is 10.1. The van der Waals surface area contributed by atoms with E-state index < -0.39 is 11.3 Å². The molecule has 0 saturated heterocycles. The van der Waals surface area contributed by atoms with E-state index in [-0.39, 0.29) is 19.0 Å². The van der Waals surface area contributed by atoms with Crippen molar-refractivity contribution >= 4 is 5.78 Å². The van der Waals surface area contributed by atoms with Crippen molar-refractivity contribution in [1.82, 2.24) is 0 Å². The summed E-state index contributed by atoms with van der Waals surface area (Å²) in [5.74, 6) is -0.162. The fourth-order valence-corrected chi connectivity index (χ4v) is 1.56. The van der Waals surface area contributed by atoms with Crippen LogP contribution in [-0.4, -0.2) is 36.3 Å². The first-order chi connectivity index (χ1) is 6.10. The van der Waals surface area contributed by atoms with Gasteiger partial charge in [0.2, 0.25) is 0 Å². The van der Waals surface area contributed by atoms with Crippen molar-refractivity contribution in [2.24, 2.45) is 11.3 Å². The molecule has 0 bridgehead atoms. The smallest absolute Gasteiger partial charge is 0.168 e. The number of ketones is 1. The lowest BCUT2D eigenvalue weighted by Crippen LogP contribution is -2.36. The minimum atomic E-state index is -0.917. The molecular formula is C9H14O4. The highest BCUT2D eigenvalue weighted by molar-refractivity contribution is 5.98. The van der Waals surface area contributed by atoms with Crippen LogP contribution in [0.3, 0.4) is 0 Å². The molecule has 1 aliphatic rings. The number of allylic oxidation sites excluding steroid dienone is 1. The maximum Gasteiger partial charge on any atom is 0.168 e. The summed E-state index contributed by atoms with van der Waals surface area (Å²) in [5, 5.41) is 18.2. The molecule has 0 aromatic heterocycles. The van der Waals surface area contributed by atoms with Gasteiger partial charge in [-0.15, -0.1) is 0 Å². The third kappa shape index (κ3) is 1.36. The second-order valence-corrected chi connectivity index (χ2v) is 3.43. The molecule has 0 aromatic carbocycles. The fourth-order valence-electron chi connectivity index (χ4n) is 1.56. The van der Waals surface area contributed by atoms with Gasteiger partial charge in [0.05, 0.1) is 31.7 Å².